The Kier molecular flexibility index (Phi) is 7.25. The molecule has 0 saturated carbocycles. The van der Waals surface area contributed by atoms with Crippen molar-refractivity contribution in [1.29, 1.82) is 0 Å². The van der Waals surface area contributed by atoms with Crippen LogP contribution in [-0.4, -0.2) is 43.0 Å². The topological polar surface area (TPSA) is 121 Å². The van der Waals surface area contributed by atoms with Gasteiger partial charge in [-0.3, -0.25) is 9.59 Å². The van der Waals surface area contributed by atoms with Crippen molar-refractivity contribution in [2.45, 2.75) is 38.8 Å². The minimum atomic E-state index is -4.10. The Morgan fingerprint density at radius 3 is 1.65 bits per heavy atom. The molecule has 3 aromatic rings. The van der Waals surface area contributed by atoms with E-state index >= 15 is 0 Å². The third-order valence-corrected chi connectivity index (χ3v) is 10.5. The number of methoxy groups -OCH3 is 2. The molecule has 0 aliphatic heterocycles. The predicted molar refractivity (Wildman–Crippen MR) is 133 cm³/mol. The summed E-state index contributed by atoms with van der Waals surface area (Å²) in [5.41, 5.74) is 0.348. The van der Waals surface area contributed by atoms with Crippen molar-refractivity contribution in [3.63, 3.8) is 0 Å². The molecule has 1 aliphatic rings. The SMILES string of the molecule is COC(=O)[C@@H]1C(C)c2c(S(=O)(=O)c3ccccc3)ccc(S(=O)(=O)c3ccccc3)c2C[C@H]1C(=O)OC. The van der Waals surface area contributed by atoms with Crippen molar-refractivity contribution in [2.75, 3.05) is 14.2 Å². The maximum Gasteiger partial charge on any atom is 0.310 e. The van der Waals surface area contributed by atoms with Gasteiger partial charge in [0.15, 0.2) is 0 Å². The normalized spacial score (nSPS) is 19.5. The molecule has 0 amide bonds. The molecule has 4 rings (SSSR count). The van der Waals surface area contributed by atoms with E-state index in [1.165, 1.54) is 50.6 Å². The average Bonchev–Trinajstić information content (AvgIpc) is 2.92. The largest absolute Gasteiger partial charge is 0.469 e. The molecule has 10 heteroatoms. The molecule has 3 atom stereocenters. The molecule has 0 bridgehead atoms. The van der Waals surface area contributed by atoms with Gasteiger partial charge in [0, 0.05) is 0 Å². The number of hydrogen-bond donors (Lipinski definition) is 0. The molecule has 0 aromatic heterocycles. The number of carbonyl (C=O) groups excluding carboxylic acids is 2. The lowest BCUT2D eigenvalue weighted by Crippen LogP contribution is -2.41. The molecule has 0 heterocycles. The summed E-state index contributed by atoms with van der Waals surface area (Å²) in [6.45, 7) is 1.60. The summed E-state index contributed by atoms with van der Waals surface area (Å²) in [5, 5.41) is 0. The molecular weight excluding hydrogens is 516 g/mol. The summed E-state index contributed by atoms with van der Waals surface area (Å²) in [5.74, 6) is -4.45. The zero-order valence-corrected chi connectivity index (χ0v) is 22.1. The number of benzene rings is 3. The van der Waals surface area contributed by atoms with Crippen LogP contribution in [0, 0.1) is 11.8 Å². The first-order chi connectivity index (χ1) is 17.6. The van der Waals surface area contributed by atoms with Gasteiger partial charge in [-0.05, 0) is 59.9 Å². The van der Waals surface area contributed by atoms with Crippen LogP contribution in [0.1, 0.15) is 24.0 Å². The third kappa shape index (κ3) is 4.55. The lowest BCUT2D eigenvalue weighted by Gasteiger charge is -2.36. The fourth-order valence-corrected chi connectivity index (χ4v) is 8.18. The smallest absolute Gasteiger partial charge is 0.310 e. The van der Waals surface area contributed by atoms with E-state index in [0.29, 0.717) is 0 Å². The van der Waals surface area contributed by atoms with Gasteiger partial charge in [-0.15, -0.1) is 0 Å². The van der Waals surface area contributed by atoms with E-state index in [1.54, 1.807) is 43.3 Å². The standard InChI is InChI=1S/C27H26O8S2/c1-17-24-20(16-21(26(28)34-2)25(17)27(29)35-3)22(36(30,31)18-10-6-4-7-11-18)14-15-23(24)37(32,33)19-12-8-5-9-13-19/h4-15,17,21,25H,16H2,1-3H3/t17?,21-,25-/m1/s1. The monoisotopic (exact) mass is 542 g/mol. The van der Waals surface area contributed by atoms with E-state index in [4.69, 9.17) is 9.47 Å². The number of rotatable bonds is 6. The molecule has 0 fully saturated rings. The Balaban J connectivity index is 2.06. The number of fused-ring (bicyclic) bond motifs is 1. The number of sulfone groups is 2. The molecule has 1 unspecified atom stereocenters. The van der Waals surface area contributed by atoms with Gasteiger partial charge in [-0.1, -0.05) is 43.3 Å². The van der Waals surface area contributed by atoms with E-state index in [0.717, 1.165) is 0 Å². The fourth-order valence-electron chi connectivity index (χ4n) is 5.03. The van der Waals surface area contributed by atoms with Crippen LogP contribution in [-0.2, 0) is 45.2 Å². The van der Waals surface area contributed by atoms with Gasteiger partial charge in [-0.2, -0.15) is 0 Å². The first-order valence-corrected chi connectivity index (χ1v) is 14.4. The van der Waals surface area contributed by atoms with Gasteiger partial charge in [0.2, 0.25) is 19.7 Å². The highest BCUT2D eigenvalue weighted by Gasteiger charge is 2.47. The lowest BCUT2D eigenvalue weighted by atomic mass is 9.69. The Bertz CT molecular complexity index is 1550. The second kappa shape index (κ2) is 10.1. The van der Waals surface area contributed by atoms with Crippen LogP contribution in [0.4, 0.5) is 0 Å². The van der Waals surface area contributed by atoms with Gasteiger partial charge in [0.05, 0.1) is 45.6 Å². The van der Waals surface area contributed by atoms with Gasteiger partial charge >= 0.3 is 11.9 Å². The van der Waals surface area contributed by atoms with Crippen molar-refractivity contribution in [2.24, 2.45) is 11.8 Å². The second-order valence-electron chi connectivity index (χ2n) is 8.76. The van der Waals surface area contributed by atoms with Gasteiger partial charge in [0.1, 0.15) is 0 Å². The lowest BCUT2D eigenvalue weighted by molar-refractivity contribution is -0.159. The Morgan fingerprint density at radius 1 is 0.703 bits per heavy atom. The molecule has 0 N–H and O–H groups in total. The zero-order valence-electron chi connectivity index (χ0n) is 20.4. The predicted octanol–water partition coefficient (Wildman–Crippen LogP) is 3.59. The molecule has 194 valence electrons. The summed E-state index contributed by atoms with van der Waals surface area (Å²) in [7, 11) is -5.84. The maximum atomic E-state index is 13.7. The first-order valence-electron chi connectivity index (χ1n) is 11.5. The second-order valence-corrected chi connectivity index (χ2v) is 12.6. The summed E-state index contributed by atoms with van der Waals surface area (Å²) < 4.78 is 64.8. The summed E-state index contributed by atoms with van der Waals surface area (Å²) in [6.07, 6.45) is -0.217. The number of hydrogen-bond acceptors (Lipinski definition) is 8. The molecule has 37 heavy (non-hydrogen) atoms. The number of carbonyl (C=O) groups is 2. The van der Waals surface area contributed by atoms with Crippen molar-refractivity contribution in [3.8, 4) is 0 Å². The highest BCUT2D eigenvalue weighted by molar-refractivity contribution is 7.92. The van der Waals surface area contributed by atoms with Crippen LogP contribution in [0.5, 0.6) is 0 Å². The van der Waals surface area contributed by atoms with Crippen LogP contribution in [0.25, 0.3) is 0 Å². The highest BCUT2D eigenvalue weighted by atomic mass is 32.2. The van der Waals surface area contributed by atoms with Crippen LogP contribution in [0.3, 0.4) is 0 Å². The minimum absolute atomic E-state index is 0.0211. The van der Waals surface area contributed by atoms with E-state index in [9.17, 15) is 26.4 Å². The quantitative estimate of drug-likeness (QED) is 0.434. The van der Waals surface area contributed by atoms with E-state index in [2.05, 4.69) is 0 Å². The number of ether oxygens (including phenoxy) is 2. The summed E-state index contributed by atoms with van der Waals surface area (Å²) in [4.78, 5) is 25.4. The molecule has 8 nitrogen and oxygen atoms in total. The zero-order chi connectivity index (χ0) is 27.0. The Labute approximate surface area is 216 Å². The van der Waals surface area contributed by atoms with Crippen molar-refractivity contribution < 1.29 is 35.9 Å². The first kappa shape index (κ1) is 26.6. The Morgan fingerprint density at radius 2 is 1.16 bits per heavy atom. The van der Waals surface area contributed by atoms with Gasteiger partial charge in [0.25, 0.3) is 0 Å². The Hall–Kier alpha value is -3.50. The van der Waals surface area contributed by atoms with Crippen LogP contribution >= 0.6 is 0 Å². The van der Waals surface area contributed by atoms with Crippen molar-refractivity contribution in [3.05, 3.63) is 83.9 Å². The summed E-state index contributed by atoms with van der Waals surface area (Å²) in [6, 6.07) is 18.0. The highest BCUT2D eigenvalue weighted by Crippen LogP contribution is 2.47. The molecule has 3 aromatic carbocycles. The maximum absolute atomic E-state index is 13.7. The van der Waals surface area contributed by atoms with Gasteiger partial charge in [-0.25, -0.2) is 16.8 Å². The van der Waals surface area contributed by atoms with Crippen molar-refractivity contribution in [1.82, 2.24) is 0 Å². The van der Waals surface area contributed by atoms with Gasteiger partial charge < -0.3 is 9.47 Å². The van der Waals surface area contributed by atoms with E-state index < -0.39 is 49.4 Å². The van der Waals surface area contributed by atoms with Crippen LogP contribution in [0.15, 0.2) is 92.4 Å². The molecular formula is C27H26O8S2. The minimum Gasteiger partial charge on any atom is -0.469 e. The molecule has 0 radical (unpaired) electrons. The van der Waals surface area contributed by atoms with E-state index in [1.807, 2.05) is 0 Å². The van der Waals surface area contributed by atoms with Crippen LogP contribution in [0.2, 0.25) is 0 Å². The average molecular weight is 543 g/mol. The van der Waals surface area contributed by atoms with Crippen LogP contribution < -0.4 is 0 Å². The molecule has 0 saturated heterocycles. The number of esters is 2. The molecule has 1 aliphatic carbocycles. The summed E-state index contributed by atoms with van der Waals surface area (Å²) >= 11 is 0. The molecule has 0 spiro atoms. The third-order valence-electron chi connectivity index (χ3n) is 6.79. The van der Waals surface area contributed by atoms with Crippen molar-refractivity contribution >= 4 is 31.6 Å². The fraction of sp³-hybridized carbons (Fsp3) is 0.259. The van der Waals surface area contributed by atoms with E-state index in [-0.39, 0.29) is 37.1 Å².